The van der Waals surface area contributed by atoms with Crippen LogP contribution in [0.2, 0.25) is 0 Å². The zero-order chi connectivity index (χ0) is 19.5. The molecule has 0 bridgehead atoms. The van der Waals surface area contributed by atoms with Gasteiger partial charge in [-0.2, -0.15) is 0 Å². The average molecular weight is 395 g/mol. The van der Waals surface area contributed by atoms with E-state index < -0.39 is 0 Å². The van der Waals surface area contributed by atoms with Crippen LogP contribution in [0.4, 0.5) is 5.82 Å². The van der Waals surface area contributed by atoms with Crippen LogP contribution in [-0.2, 0) is 19.4 Å². The molecular weight excluding hydrogens is 368 g/mol. The fourth-order valence-electron chi connectivity index (χ4n) is 3.58. The van der Waals surface area contributed by atoms with Gasteiger partial charge >= 0.3 is 0 Å². The van der Waals surface area contributed by atoms with Crippen molar-refractivity contribution in [1.82, 2.24) is 15.3 Å². The molecule has 0 spiro atoms. The van der Waals surface area contributed by atoms with Crippen LogP contribution >= 0.6 is 11.3 Å². The highest BCUT2D eigenvalue weighted by Crippen LogP contribution is 2.38. The maximum Gasteiger partial charge on any atom is 0.251 e. The lowest BCUT2D eigenvalue weighted by Crippen LogP contribution is -2.27. The molecule has 2 aromatic heterocycles. The number of rotatable bonds is 6. The van der Waals surface area contributed by atoms with E-state index in [1.54, 1.807) is 6.33 Å². The fraction of sp³-hybridized carbons (Fsp3) is 0.409. The number of fused-ring (bicyclic) bond motifs is 3. The van der Waals surface area contributed by atoms with Gasteiger partial charge < -0.3 is 10.6 Å². The number of benzene rings is 1. The maximum atomic E-state index is 12.2. The van der Waals surface area contributed by atoms with Gasteiger partial charge in [-0.25, -0.2) is 9.97 Å². The first-order valence-corrected chi connectivity index (χ1v) is 10.8. The van der Waals surface area contributed by atoms with Crippen LogP contribution in [-0.4, -0.2) is 22.4 Å². The molecule has 1 aliphatic carbocycles. The first kappa shape index (κ1) is 18.9. The normalized spacial score (nSPS) is 13.5. The SMILES string of the molecule is CC(C)CNC(=O)c1ccc(CNc2ncnc3sc4c(c23)CCCC4)cc1. The van der Waals surface area contributed by atoms with E-state index >= 15 is 0 Å². The number of hydrogen-bond donors (Lipinski definition) is 2. The third-order valence-electron chi connectivity index (χ3n) is 5.10. The summed E-state index contributed by atoms with van der Waals surface area (Å²) in [5, 5.41) is 7.64. The zero-order valence-corrected chi connectivity index (χ0v) is 17.2. The predicted molar refractivity (Wildman–Crippen MR) is 115 cm³/mol. The van der Waals surface area contributed by atoms with Crippen molar-refractivity contribution >= 4 is 33.3 Å². The largest absolute Gasteiger partial charge is 0.365 e. The van der Waals surface area contributed by atoms with E-state index in [4.69, 9.17) is 0 Å². The van der Waals surface area contributed by atoms with Gasteiger partial charge in [-0.15, -0.1) is 11.3 Å². The monoisotopic (exact) mass is 394 g/mol. The lowest BCUT2D eigenvalue weighted by Gasteiger charge is -2.12. The van der Waals surface area contributed by atoms with E-state index in [2.05, 4.69) is 34.4 Å². The molecule has 3 aromatic rings. The molecule has 0 atom stereocenters. The molecule has 1 aliphatic rings. The van der Waals surface area contributed by atoms with Gasteiger partial charge in [0.25, 0.3) is 5.91 Å². The van der Waals surface area contributed by atoms with E-state index in [0.29, 0.717) is 24.6 Å². The third-order valence-corrected chi connectivity index (χ3v) is 6.30. The van der Waals surface area contributed by atoms with Crippen molar-refractivity contribution in [1.29, 1.82) is 0 Å². The molecule has 0 radical (unpaired) electrons. The van der Waals surface area contributed by atoms with Crippen molar-refractivity contribution in [3.8, 4) is 0 Å². The van der Waals surface area contributed by atoms with Crippen molar-refractivity contribution in [2.45, 2.75) is 46.1 Å². The number of thiophene rings is 1. The van der Waals surface area contributed by atoms with Gasteiger partial charge in [-0.1, -0.05) is 26.0 Å². The van der Waals surface area contributed by atoms with Crippen LogP contribution in [0.1, 0.15) is 53.1 Å². The number of hydrogen-bond acceptors (Lipinski definition) is 5. The summed E-state index contributed by atoms with van der Waals surface area (Å²) in [5.74, 6) is 1.35. The number of aryl methyl sites for hydroxylation is 2. The highest BCUT2D eigenvalue weighted by atomic mass is 32.1. The molecule has 2 N–H and O–H groups in total. The van der Waals surface area contributed by atoms with Crippen molar-refractivity contribution in [3.63, 3.8) is 0 Å². The molecule has 0 unspecified atom stereocenters. The Balaban J connectivity index is 1.46. The molecule has 0 fully saturated rings. The zero-order valence-electron chi connectivity index (χ0n) is 16.4. The fourth-order valence-corrected chi connectivity index (χ4v) is 4.81. The topological polar surface area (TPSA) is 66.9 Å². The van der Waals surface area contributed by atoms with Gasteiger partial charge in [0.05, 0.1) is 5.39 Å². The quantitative estimate of drug-likeness (QED) is 0.643. The van der Waals surface area contributed by atoms with Crippen molar-refractivity contribution in [2.24, 2.45) is 5.92 Å². The smallest absolute Gasteiger partial charge is 0.251 e. The van der Waals surface area contributed by atoms with Crippen LogP contribution < -0.4 is 10.6 Å². The first-order valence-electron chi connectivity index (χ1n) is 9.98. The Kier molecular flexibility index (Phi) is 5.57. The third kappa shape index (κ3) is 4.02. The number of nitrogens with one attached hydrogen (secondary N) is 2. The van der Waals surface area contributed by atoms with Crippen molar-refractivity contribution < 1.29 is 4.79 Å². The number of carbonyl (C=O) groups is 1. The standard InChI is InChI=1S/C22H26N4OS/c1-14(2)11-24-21(27)16-9-7-15(8-10-16)12-23-20-19-17-5-3-4-6-18(17)28-22(19)26-13-25-20/h7-10,13-14H,3-6,11-12H2,1-2H3,(H,24,27)(H,23,25,26). The van der Waals surface area contributed by atoms with E-state index in [1.807, 2.05) is 35.6 Å². The maximum absolute atomic E-state index is 12.2. The number of amides is 1. The number of carbonyl (C=O) groups excluding carboxylic acids is 1. The summed E-state index contributed by atoms with van der Waals surface area (Å²) >= 11 is 1.81. The molecule has 6 heteroatoms. The summed E-state index contributed by atoms with van der Waals surface area (Å²) in [7, 11) is 0. The summed E-state index contributed by atoms with van der Waals surface area (Å²) in [6.07, 6.45) is 6.45. The first-order chi connectivity index (χ1) is 13.6. The van der Waals surface area contributed by atoms with Crippen LogP contribution in [0.15, 0.2) is 30.6 Å². The lowest BCUT2D eigenvalue weighted by molar-refractivity contribution is 0.0949. The highest BCUT2D eigenvalue weighted by Gasteiger charge is 2.19. The molecule has 2 heterocycles. The molecule has 1 aromatic carbocycles. The Morgan fingerprint density at radius 1 is 1.14 bits per heavy atom. The Morgan fingerprint density at radius 3 is 2.71 bits per heavy atom. The molecule has 146 valence electrons. The summed E-state index contributed by atoms with van der Waals surface area (Å²) in [4.78, 5) is 23.7. The van der Waals surface area contributed by atoms with Gasteiger partial charge in [0, 0.05) is 23.5 Å². The molecule has 0 aliphatic heterocycles. The van der Waals surface area contributed by atoms with Crippen LogP contribution in [0, 0.1) is 5.92 Å². The minimum absolute atomic E-state index is 0.0179. The summed E-state index contributed by atoms with van der Waals surface area (Å²) in [6, 6.07) is 7.76. The van der Waals surface area contributed by atoms with Crippen molar-refractivity contribution in [3.05, 3.63) is 52.2 Å². The molecular formula is C22H26N4OS. The second-order valence-electron chi connectivity index (χ2n) is 7.77. The molecule has 0 saturated heterocycles. The van der Waals surface area contributed by atoms with Crippen molar-refractivity contribution in [2.75, 3.05) is 11.9 Å². The summed E-state index contributed by atoms with van der Waals surface area (Å²) in [6.45, 7) is 5.54. The van der Waals surface area contributed by atoms with E-state index in [1.165, 1.54) is 28.7 Å². The minimum atomic E-state index is -0.0179. The van der Waals surface area contributed by atoms with Gasteiger partial charge in [0.1, 0.15) is 17.0 Å². The Hall–Kier alpha value is -2.47. The number of anilines is 1. The Labute approximate surface area is 169 Å². The second-order valence-corrected chi connectivity index (χ2v) is 8.85. The van der Waals surface area contributed by atoms with Gasteiger partial charge in [-0.05, 0) is 54.9 Å². The molecule has 0 saturated carbocycles. The van der Waals surface area contributed by atoms with Gasteiger partial charge in [-0.3, -0.25) is 4.79 Å². The van der Waals surface area contributed by atoms with Gasteiger partial charge in [0.2, 0.25) is 0 Å². The van der Waals surface area contributed by atoms with E-state index in [0.717, 1.165) is 29.1 Å². The highest BCUT2D eigenvalue weighted by molar-refractivity contribution is 7.19. The Bertz CT molecular complexity index is 978. The average Bonchev–Trinajstić information content (AvgIpc) is 3.10. The number of aromatic nitrogens is 2. The number of nitrogens with zero attached hydrogens (tertiary/aromatic N) is 2. The summed E-state index contributed by atoms with van der Waals surface area (Å²) < 4.78 is 0. The second kappa shape index (κ2) is 8.27. The van der Waals surface area contributed by atoms with Crippen LogP contribution in [0.3, 0.4) is 0 Å². The molecule has 28 heavy (non-hydrogen) atoms. The van der Waals surface area contributed by atoms with Crippen LogP contribution in [0.5, 0.6) is 0 Å². The van der Waals surface area contributed by atoms with Crippen LogP contribution in [0.25, 0.3) is 10.2 Å². The predicted octanol–water partition coefficient (Wildman–Crippen LogP) is 4.57. The molecule has 1 amide bonds. The lowest BCUT2D eigenvalue weighted by atomic mass is 9.97. The summed E-state index contributed by atoms with van der Waals surface area (Å²) in [5.41, 5.74) is 3.25. The Morgan fingerprint density at radius 2 is 1.93 bits per heavy atom. The molecule has 4 rings (SSSR count). The van der Waals surface area contributed by atoms with E-state index in [-0.39, 0.29) is 5.91 Å². The minimum Gasteiger partial charge on any atom is -0.365 e. The van der Waals surface area contributed by atoms with E-state index in [9.17, 15) is 4.79 Å². The van der Waals surface area contributed by atoms with Gasteiger partial charge in [0.15, 0.2) is 0 Å². The molecule has 5 nitrogen and oxygen atoms in total.